The van der Waals surface area contributed by atoms with E-state index in [0.717, 1.165) is 5.56 Å². The molecule has 1 aromatic heterocycles. The summed E-state index contributed by atoms with van der Waals surface area (Å²) < 4.78 is 13.8. The highest BCUT2D eigenvalue weighted by atomic mass is 35.5. The Morgan fingerprint density at radius 2 is 2.04 bits per heavy atom. The Balaban J connectivity index is 1.82. The van der Waals surface area contributed by atoms with Crippen LogP contribution in [-0.4, -0.2) is 33.9 Å². The molecule has 124 valence electrons. The second-order valence-corrected chi connectivity index (χ2v) is 6.28. The lowest BCUT2D eigenvalue weighted by Crippen LogP contribution is -2.36. The molecule has 0 aliphatic carbocycles. The molecule has 0 bridgehead atoms. The van der Waals surface area contributed by atoms with Crippen molar-refractivity contribution in [1.82, 2.24) is 14.9 Å². The number of hydrogen-bond donors (Lipinski definition) is 1. The summed E-state index contributed by atoms with van der Waals surface area (Å²) in [5, 5.41) is 0.677. The molecule has 6 heteroatoms. The predicted octanol–water partition coefficient (Wildman–Crippen LogP) is 4.06. The Hall–Kier alpha value is -2.40. The molecule has 1 amide bonds. The van der Waals surface area contributed by atoms with Crippen molar-refractivity contribution in [2.24, 2.45) is 0 Å². The van der Waals surface area contributed by atoms with Gasteiger partial charge in [0.1, 0.15) is 11.3 Å². The van der Waals surface area contributed by atoms with E-state index >= 15 is 0 Å². The topological polar surface area (TPSA) is 49.0 Å². The van der Waals surface area contributed by atoms with Gasteiger partial charge >= 0.3 is 0 Å². The van der Waals surface area contributed by atoms with Crippen LogP contribution >= 0.6 is 11.6 Å². The maximum atomic E-state index is 13.8. The Labute approximate surface area is 144 Å². The molecule has 3 aromatic rings. The lowest BCUT2D eigenvalue weighted by molar-refractivity contribution is 0.0745. The minimum atomic E-state index is -0.464. The number of aromatic nitrogens is 2. The number of amides is 1. The van der Waals surface area contributed by atoms with Crippen LogP contribution in [0.1, 0.15) is 22.8 Å². The number of imidazole rings is 1. The summed E-state index contributed by atoms with van der Waals surface area (Å²) in [6, 6.07) is 10.0. The third kappa shape index (κ3) is 3.26. The molecular weight excluding hydrogens is 329 g/mol. The molecule has 1 unspecified atom stereocenters. The van der Waals surface area contributed by atoms with Gasteiger partial charge in [-0.15, -0.1) is 0 Å². The average Bonchev–Trinajstić information content (AvgIpc) is 3.03. The van der Waals surface area contributed by atoms with Gasteiger partial charge in [0.25, 0.3) is 5.91 Å². The first-order valence-corrected chi connectivity index (χ1v) is 7.97. The molecule has 0 fully saturated rings. The number of benzene rings is 2. The summed E-state index contributed by atoms with van der Waals surface area (Å²) in [6.45, 7) is 1.95. The van der Waals surface area contributed by atoms with Crippen molar-refractivity contribution in [2.75, 3.05) is 7.05 Å². The highest BCUT2D eigenvalue weighted by molar-refractivity contribution is 6.30. The quantitative estimate of drug-likeness (QED) is 0.775. The summed E-state index contributed by atoms with van der Waals surface area (Å²) in [7, 11) is 1.71. The number of nitrogens with one attached hydrogen (secondary N) is 1. The van der Waals surface area contributed by atoms with E-state index in [0.29, 0.717) is 22.5 Å². The van der Waals surface area contributed by atoms with Crippen LogP contribution in [0.3, 0.4) is 0 Å². The molecule has 24 heavy (non-hydrogen) atoms. The highest BCUT2D eigenvalue weighted by Gasteiger charge is 2.21. The van der Waals surface area contributed by atoms with Crippen LogP contribution in [0.2, 0.25) is 5.02 Å². The van der Waals surface area contributed by atoms with Gasteiger partial charge in [-0.25, -0.2) is 9.37 Å². The standard InChI is InChI=1S/C18H17ClFN3O/c1-11(7-12-3-5-13(19)6-4-12)23(2)18(24)15-8-14(20)9-16-17(15)22-10-21-16/h3-6,8-11H,7H2,1-2H3,(H,21,22). The molecule has 0 saturated heterocycles. The molecule has 4 nitrogen and oxygen atoms in total. The van der Waals surface area contributed by atoms with Crippen molar-refractivity contribution < 1.29 is 9.18 Å². The molecular formula is C18H17ClFN3O. The number of halogens is 2. The number of hydrogen-bond acceptors (Lipinski definition) is 2. The van der Waals surface area contributed by atoms with Crippen molar-refractivity contribution in [3.63, 3.8) is 0 Å². The van der Waals surface area contributed by atoms with E-state index in [9.17, 15) is 9.18 Å². The molecule has 2 aromatic carbocycles. The van der Waals surface area contributed by atoms with Crippen molar-refractivity contribution in [3.05, 3.63) is 64.7 Å². The molecule has 0 saturated carbocycles. The molecule has 0 radical (unpaired) electrons. The van der Waals surface area contributed by atoms with Crippen molar-refractivity contribution in [3.8, 4) is 0 Å². The van der Waals surface area contributed by atoms with Gasteiger partial charge in [0.2, 0.25) is 0 Å². The van der Waals surface area contributed by atoms with Gasteiger partial charge in [-0.2, -0.15) is 0 Å². The molecule has 1 heterocycles. The van der Waals surface area contributed by atoms with Crippen LogP contribution in [0.15, 0.2) is 42.7 Å². The smallest absolute Gasteiger partial charge is 0.256 e. The maximum Gasteiger partial charge on any atom is 0.256 e. The Kier molecular flexibility index (Phi) is 4.53. The summed E-state index contributed by atoms with van der Waals surface area (Å²) in [5.41, 5.74) is 2.33. The number of fused-ring (bicyclic) bond motifs is 1. The maximum absolute atomic E-state index is 13.8. The van der Waals surface area contributed by atoms with Crippen molar-refractivity contribution in [1.29, 1.82) is 0 Å². The zero-order valence-electron chi connectivity index (χ0n) is 13.4. The number of rotatable bonds is 4. The van der Waals surface area contributed by atoms with Crippen LogP contribution in [0.4, 0.5) is 4.39 Å². The van der Waals surface area contributed by atoms with Crippen molar-refractivity contribution in [2.45, 2.75) is 19.4 Å². The number of carbonyl (C=O) groups excluding carboxylic acids is 1. The van der Waals surface area contributed by atoms with Crippen LogP contribution in [0, 0.1) is 5.82 Å². The first-order chi connectivity index (χ1) is 11.5. The fraction of sp³-hybridized carbons (Fsp3) is 0.222. The largest absolute Gasteiger partial charge is 0.344 e. The first kappa shape index (κ1) is 16.5. The van der Waals surface area contributed by atoms with E-state index in [1.807, 2.05) is 31.2 Å². The molecule has 0 spiro atoms. The van der Waals surface area contributed by atoms with Gasteiger partial charge in [-0.1, -0.05) is 23.7 Å². The minimum absolute atomic E-state index is 0.0593. The summed E-state index contributed by atoms with van der Waals surface area (Å²) in [5.74, 6) is -0.720. The van der Waals surface area contributed by atoms with E-state index in [1.54, 1.807) is 11.9 Å². The van der Waals surface area contributed by atoms with E-state index in [-0.39, 0.29) is 17.5 Å². The lowest BCUT2D eigenvalue weighted by Gasteiger charge is -2.25. The Morgan fingerprint density at radius 1 is 1.33 bits per heavy atom. The zero-order chi connectivity index (χ0) is 17.3. The van der Waals surface area contributed by atoms with Gasteiger partial charge in [0.05, 0.1) is 17.4 Å². The molecule has 1 N–H and O–H groups in total. The van der Waals surface area contributed by atoms with Gasteiger partial charge in [0, 0.05) is 18.1 Å². The second-order valence-electron chi connectivity index (χ2n) is 5.85. The monoisotopic (exact) mass is 345 g/mol. The van der Waals surface area contributed by atoms with Crippen LogP contribution in [0.5, 0.6) is 0 Å². The number of aromatic amines is 1. The second kappa shape index (κ2) is 6.61. The number of likely N-dealkylation sites (N-methyl/N-ethyl adjacent to an activating group) is 1. The molecule has 3 rings (SSSR count). The minimum Gasteiger partial charge on any atom is -0.344 e. The normalized spacial score (nSPS) is 12.3. The number of nitrogens with zero attached hydrogens (tertiary/aromatic N) is 2. The molecule has 1 atom stereocenters. The summed E-state index contributed by atoms with van der Waals surface area (Å²) in [6.07, 6.45) is 2.14. The third-order valence-corrected chi connectivity index (χ3v) is 4.40. The molecule has 0 aliphatic heterocycles. The number of H-pyrrole nitrogens is 1. The first-order valence-electron chi connectivity index (χ1n) is 7.60. The summed E-state index contributed by atoms with van der Waals surface area (Å²) in [4.78, 5) is 21.4. The van der Waals surface area contributed by atoms with Gasteiger partial charge < -0.3 is 9.88 Å². The number of carbonyl (C=O) groups is 1. The highest BCUT2D eigenvalue weighted by Crippen LogP contribution is 2.20. The van der Waals surface area contributed by atoms with E-state index in [2.05, 4.69) is 9.97 Å². The van der Waals surface area contributed by atoms with Gasteiger partial charge in [-0.3, -0.25) is 4.79 Å². The van der Waals surface area contributed by atoms with Gasteiger partial charge in [0.15, 0.2) is 0 Å². The van der Waals surface area contributed by atoms with E-state index in [4.69, 9.17) is 11.6 Å². The van der Waals surface area contributed by atoms with E-state index in [1.165, 1.54) is 18.5 Å². The van der Waals surface area contributed by atoms with Crippen LogP contribution in [-0.2, 0) is 6.42 Å². The third-order valence-electron chi connectivity index (χ3n) is 4.14. The lowest BCUT2D eigenvalue weighted by atomic mass is 10.0. The van der Waals surface area contributed by atoms with Crippen LogP contribution < -0.4 is 0 Å². The zero-order valence-corrected chi connectivity index (χ0v) is 14.1. The Morgan fingerprint density at radius 3 is 2.75 bits per heavy atom. The van der Waals surface area contributed by atoms with Gasteiger partial charge in [-0.05, 0) is 43.2 Å². The van der Waals surface area contributed by atoms with Crippen LogP contribution in [0.25, 0.3) is 11.0 Å². The Bertz CT molecular complexity index is 876. The van der Waals surface area contributed by atoms with E-state index < -0.39 is 5.82 Å². The fourth-order valence-corrected chi connectivity index (χ4v) is 2.79. The average molecular weight is 346 g/mol. The fourth-order valence-electron chi connectivity index (χ4n) is 2.67. The van der Waals surface area contributed by atoms with Crippen molar-refractivity contribution >= 4 is 28.5 Å². The predicted molar refractivity (Wildman–Crippen MR) is 92.8 cm³/mol. The summed E-state index contributed by atoms with van der Waals surface area (Å²) >= 11 is 5.89. The molecule has 0 aliphatic rings. The SMILES string of the molecule is CC(Cc1ccc(Cl)cc1)N(C)C(=O)c1cc(F)cc2[nH]cnc12.